The maximum absolute atomic E-state index is 12.4. The van der Waals surface area contributed by atoms with Crippen LogP contribution in [-0.4, -0.2) is 64.8 Å². The number of aliphatic hydroxyl groups is 1. The lowest BCUT2D eigenvalue weighted by molar-refractivity contribution is 0.300. The molecular weight excluding hydrogens is 426 g/mol. The molecule has 0 unspecified atom stereocenters. The molecule has 1 aliphatic carbocycles. The van der Waals surface area contributed by atoms with Gasteiger partial charge in [0.25, 0.3) is 0 Å². The number of sulfonamides is 1. The molecule has 3 aliphatic rings. The normalized spacial score (nSPS) is 21.2. The molecule has 1 aromatic heterocycles. The van der Waals surface area contributed by atoms with E-state index >= 15 is 0 Å². The smallest absolute Gasteiger partial charge is 0.224 e. The van der Waals surface area contributed by atoms with Crippen LogP contribution in [0.25, 0.3) is 6.08 Å². The molecule has 1 saturated carbocycles. The predicted octanol–water partition coefficient (Wildman–Crippen LogP) is 3.13. The van der Waals surface area contributed by atoms with Gasteiger partial charge < -0.3 is 15.3 Å². The van der Waals surface area contributed by atoms with Crippen LogP contribution in [0.3, 0.4) is 0 Å². The van der Waals surface area contributed by atoms with Crippen LogP contribution in [0.4, 0.5) is 11.8 Å². The molecule has 4 rings (SSSR count). The van der Waals surface area contributed by atoms with Crippen molar-refractivity contribution in [3.05, 3.63) is 29.6 Å². The minimum Gasteiger partial charge on any atom is -0.396 e. The predicted molar refractivity (Wildman–Crippen MR) is 128 cm³/mol. The number of fused-ring (bicyclic) bond motifs is 1. The number of anilines is 2. The quantitative estimate of drug-likeness (QED) is 0.644. The number of piperidine rings is 1. The zero-order valence-electron chi connectivity index (χ0n) is 19.1. The molecule has 176 valence electrons. The zero-order valence-corrected chi connectivity index (χ0v) is 19.9. The zero-order chi connectivity index (χ0) is 22.9. The van der Waals surface area contributed by atoms with Crippen LogP contribution in [-0.2, 0) is 10.0 Å². The van der Waals surface area contributed by atoms with E-state index in [1.807, 2.05) is 12.3 Å². The second kappa shape index (κ2) is 9.49. The molecule has 2 fully saturated rings. The van der Waals surface area contributed by atoms with Crippen molar-refractivity contribution in [2.24, 2.45) is 0 Å². The summed E-state index contributed by atoms with van der Waals surface area (Å²) < 4.78 is 26.4. The van der Waals surface area contributed by atoms with Crippen LogP contribution in [0.5, 0.6) is 0 Å². The van der Waals surface area contributed by atoms with E-state index in [0.717, 1.165) is 48.3 Å². The molecule has 2 N–H and O–H groups in total. The number of nitrogens with one attached hydrogen (secondary N) is 1. The van der Waals surface area contributed by atoms with E-state index in [1.54, 1.807) is 18.2 Å². The first kappa shape index (κ1) is 23.2. The maximum atomic E-state index is 12.4. The molecule has 0 spiro atoms. The van der Waals surface area contributed by atoms with E-state index < -0.39 is 15.3 Å². The lowest BCUT2D eigenvalue weighted by atomic mass is 9.99. The lowest BCUT2D eigenvalue weighted by Gasteiger charge is -2.37. The van der Waals surface area contributed by atoms with Crippen molar-refractivity contribution in [3.63, 3.8) is 0 Å². The van der Waals surface area contributed by atoms with Gasteiger partial charge in [0.15, 0.2) is 0 Å². The largest absolute Gasteiger partial charge is 0.396 e. The Morgan fingerprint density at radius 2 is 1.91 bits per heavy atom. The van der Waals surface area contributed by atoms with Gasteiger partial charge in [-0.05, 0) is 57.6 Å². The number of nitrogens with zero attached hydrogens (tertiary/aromatic N) is 4. The highest BCUT2D eigenvalue weighted by Crippen LogP contribution is 2.39. The van der Waals surface area contributed by atoms with Gasteiger partial charge in [-0.25, -0.2) is 17.7 Å². The van der Waals surface area contributed by atoms with E-state index in [2.05, 4.69) is 21.8 Å². The van der Waals surface area contributed by atoms with Gasteiger partial charge in [-0.2, -0.15) is 4.98 Å². The molecule has 32 heavy (non-hydrogen) atoms. The molecule has 0 aromatic carbocycles. The van der Waals surface area contributed by atoms with Gasteiger partial charge >= 0.3 is 0 Å². The Hall–Kier alpha value is -1.97. The van der Waals surface area contributed by atoms with Gasteiger partial charge in [-0.15, -0.1) is 0 Å². The highest BCUT2D eigenvalue weighted by atomic mass is 32.2. The van der Waals surface area contributed by atoms with Crippen molar-refractivity contribution in [2.75, 3.05) is 29.9 Å². The Morgan fingerprint density at radius 1 is 1.22 bits per heavy atom. The highest BCUT2D eigenvalue weighted by molar-refractivity contribution is 7.89. The van der Waals surface area contributed by atoms with Gasteiger partial charge in [-0.3, -0.25) is 0 Å². The van der Waals surface area contributed by atoms with Crippen LogP contribution in [0.1, 0.15) is 64.4 Å². The molecule has 1 aromatic rings. The van der Waals surface area contributed by atoms with Gasteiger partial charge in [0.2, 0.25) is 16.0 Å². The number of rotatable bonds is 7. The third-order valence-corrected chi connectivity index (χ3v) is 9.11. The van der Waals surface area contributed by atoms with Crippen LogP contribution < -0.4 is 10.2 Å². The van der Waals surface area contributed by atoms with Crippen LogP contribution >= 0.6 is 0 Å². The molecule has 0 amide bonds. The minimum absolute atomic E-state index is 0.0877. The number of hydrogen-bond acceptors (Lipinski definition) is 7. The average molecular weight is 462 g/mol. The van der Waals surface area contributed by atoms with Gasteiger partial charge in [0, 0.05) is 49.2 Å². The number of aliphatic hydroxyl groups excluding tert-OH is 1. The standard InChI is InChI=1S/C23H35N5O3S/c1-16(2)32(30,31)27-11-8-20(9-12-27)25-23-24-15-19-14-18(10-13-29)17(3)28(22(19)26-23)21-6-4-5-7-21/h14-16,20-21,29H,3-13H2,1-2H3,(H,24,25,26). The third-order valence-electron chi connectivity index (χ3n) is 6.83. The van der Waals surface area contributed by atoms with E-state index in [-0.39, 0.29) is 12.6 Å². The Balaban J connectivity index is 1.51. The topological polar surface area (TPSA) is 98.7 Å². The van der Waals surface area contributed by atoms with Crippen molar-refractivity contribution in [1.29, 1.82) is 0 Å². The van der Waals surface area contributed by atoms with Crippen molar-refractivity contribution < 1.29 is 13.5 Å². The summed E-state index contributed by atoms with van der Waals surface area (Å²) in [5.74, 6) is 1.45. The summed E-state index contributed by atoms with van der Waals surface area (Å²) in [6, 6.07) is 0.509. The molecular formula is C23H35N5O3S. The molecule has 2 aliphatic heterocycles. The maximum Gasteiger partial charge on any atom is 0.224 e. The Labute approximate surface area is 191 Å². The molecule has 0 radical (unpaired) electrons. The van der Waals surface area contributed by atoms with Crippen molar-refractivity contribution in [3.8, 4) is 0 Å². The highest BCUT2D eigenvalue weighted by Gasteiger charge is 2.33. The SMILES string of the molecule is C=C1C(CCO)=Cc2cnc(NC3CCN(S(=O)(=O)C(C)C)CC3)nc2N1C1CCCC1. The van der Waals surface area contributed by atoms with Gasteiger partial charge in [0.05, 0.1) is 5.25 Å². The first-order valence-corrected chi connectivity index (χ1v) is 13.2. The lowest BCUT2D eigenvalue weighted by Crippen LogP contribution is -2.45. The van der Waals surface area contributed by atoms with Gasteiger partial charge in [-0.1, -0.05) is 19.4 Å². The fraction of sp³-hybridized carbons (Fsp3) is 0.652. The van der Waals surface area contributed by atoms with Gasteiger partial charge in [0.1, 0.15) is 5.82 Å². The van der Waals surface area contributed by atoms with Crippen LogP contribution in [0.2, 0.25) is 0 Å². The number of hydrogen-bond donors (Lipinski definition) is 2. The van der Waals surface area contributed by atoms with Crippen molar-refractivity contribution >= 4 is 27.9 Å². The fourth-order valence-corrected chi connectivity index (χ4v) is 6.24. The molecule has 8 nitrogen and oxygen atoms in total. The first-order valence-electron chi connectivity index (χ1n) is 11.7. The first-order chi connectivity index (χ1) is 15.3. The summed E-state index contributed by atoms with van der Waals surface area (Å²) in [6.07, 6.45) is 10.5. The second-order valence-electron chi connectivity index (χ2n) is 9.28. The van der Waals surface area contributed by atoms with E-state index in [9.17, 15) is 13.5 Å². The van der Waals surface area contributed by atoms with Crippen LogP contribution in [0.15, 0.2) is 24.0 Å². The Morgan fingerprint density at radius 3 is 2.53 bits per heavy atom. The molecule has 0 atom stereocenters. The number of aromatic nitrogens is 2. The molecule has 0 bridgehead atoms. The third kappa shape index (κ3) is 4.56. The Bertz CT molecular complexity index is 977. The summed E-state index contributed by atoms with van der Waals surface area (Å²) in [6.45, 7) is 8.91. The summed E-state index contributed by atoms with van der Waals surface area (Å²) in [5, 5.41) is 12.5. The summed E-state index contributed by atoms with van der Waals surface area (Å²) >= 11 is 0. The molecule has 9 heteroatoms. The number of allylic oxidation sites excluding steroid dienone is 1. The molecule has 1 saturated heterocycles. The fourth-order valence-electron chi connectivity index (χ4n) is 4.93. The van der Waals surface area contributed by atoms with Crippen molar-refractivity contribution in [1.82, 2.24) is 14.3 Å². The van der Waals surface area contributed by atoms with E-state index in [1.165, 1.54) is 12.8 Å². The summed E-state index contributed by atoms with van der Waals surface area (Å²) in [4.78, 5) is 11.7. The second-order valence-corrected chi connectivity index (χ2v) is 11.8. The minimum atomic E-state index is -3.21. The Kier molecular flexibility index (Phi) is 6.88. The van der Waals surface area contributed by atoms with Crippen LogP contribution in [0, 0.1) is 0 Å². The average Bonchev–Trinajstić information content (AvgIpc) is 3.29. The summed E-state index contributed by atoms with van der Waals surface area (Å²) in [7, 11) is -3.21. The molecule has 3 heterocycles. The van der Waals surface area contributed by atoms with Crippen molar-refractivity contribution in [2.45, 2.75) is 76.1 Å². The van der Waals surface area contributed by atoms with E-state index in [0.29, 0.717) is 31.5 Å². The summed E-state index contributed by atoms with van der Waals surface area (Å²) in [5.41, 5.74) is 2.92. The van der Waals surface area contributed by atoms with E-state index in [4.69, 9.17) is 4.98 Å². The monoisotopic (exact) mass is 461 g/mol.